The van der Waals surface area contributed by atoms with Gasteiger partial charge in [-0.1, -0.05) is 26.2 Å². The molecule has 2 N–H and O–H groups in total. The minimum absolute atomic E-state index is 0.0387. The summed E-state index contributed by atoms with van der Waals surface area (Å²) in [6.45, 7) is 2.31. The Morgan fingerprint density at radius 2 is 1.53 bits per heavy atom. The van der Waals surface area contributed by atoms with E-state index in [2.05, 4.69) is 6.92 Å². The molecule has 1 fully saturated rings. The predicted octanol–water partition coefficient (Wildman–Crippen LogP) is 3.67. The monoisotopic (exact) mass is 263 g/mol. The average molecular weight is 263 g/mol. The molecule has 0 radical (unpaired) electrons. The van der Waals surface area contributed by atoms with E-state index in [-0.39, 0.29) is 11.5 Å². The Morgan fingerprint density at radius 3 is 2.00 bits per heavy atom. The smallest absolute Gasteiger partial charge is 0.122 e. The first-order chi connectivity index (χ1) is 9.09. The van der Waals surface area contributed by atoms with Crippen LogP contribution >= 0.6 is 0 Å². The van der Waals surface area contributed by atoms with E-state index >= 15 is 0 Å². The molecule has 106 valence electrons. The summed E-state index contributed by atoms with van der Waals surface area (Å²) in [6.07, 6.45) is 6.31. The number of hydrogen-bond acceptors (Lipinski definition) is 3. The molecule has 0 bridgehead atoms. The second-order valence-electron chi connectivity index (χ2n) is 5.84. The lowest BCUT2D eigenvalue weighted by atomic mass is 9.69. The van der Waals surface area contributed by atoms with Crippen LogP contribution in [0.1, 0.15) is 50.6 Å². The Balaban J connectivity index is 2.29. The molecule has 1 aromatic rings. The van der Waals surface area contributed by atoms with Gasteiger partial charge in [-0.15, -0.1) is 0 Å². The minimum Gasteiger partial charge on any atom is -0.497 e. The normalized spacial score (nSPS) is 19.8. The number of hydrogen-bond donors (Lipinski definition) is 1. The summed E-state index contributed by atoms with van der Waals surface area (Å²) in [5.41, 5.74) is 7.84. The van der Waals surface area contributed by atoms with Gasteiger partial charge < -0.3 is 15.2 Å². The summed E-state index contributed by atoms with van der Waals surface area (Å²) in [6, 6.07) is 6.00. The third kappa shape index (κ3) is 3.03. The zero-order valence-electron chi connectivity index (χ0n) is 12.2. The highest BCUT2D eigenvalue weighted by Gasteiger charge is 2.34. The van der Waals surface area contributed by atoms with E-state index in [0.29, 0.717) is 0 Å². The van der Waals surface area contributed by atoms with Gasteiger partial charge in [0.25, 0.3) is 0 Å². The summed E-state index contributed by atoms with van der Waals surface area (Å²) in [7, 11) is 3.35. The molecule has 0 aromatic heterocycles. The topological polar surface area (TPSA) is 44.5 Å². The van der Waals surface area contributed by atoms with Gasteiger partial charge in [-0.05, 0) is 36.0 Å². The van der Waals surface area contributed by atoms with Crippen molar-refractivity contribution in [1.82, 2.24) is 0 Å². The maximum absolute atomic E-state index is 6.54. The second-order valence-corrected chi connectivity index (χ2v) is 5.84. The molecular weight excluding hydrogens is 238 g/mol. The third-order valence-electron chi connectivity index (χ3n) is 4.48. The fraction of sp³-hybridized carbons (Fsp3) is 0.625. The fourth-order valence-corrected chi connectivity index (χ4v) is 3.08. The van der Waals surface area contributed by atoms with Gasteiger partial charge in [-0.2, -0.15) is 0 Å². The molecule has 19 heavy (non-hydrogen) atoms. The number of rotatable bonds is 4. The van der Waals surface area contributed by atoms with Crippen LogP contribution in [0.2, 0.25) is 0 Å². The van der Waals surface area contributed by atoms with Crippen LogP contribution in [0.3, 0.4) is 0 Å². The van der Waals surface area contributed by atoms with Gasteiger partial charge in [-0.25, -0.2) is 0 Å². The summed E-state index contributed by atoms with van der Waals surface area (Å²) in [5, 5.41) is 0. The molecule has 1 aromatic carbocycles. The Morgan fingerprint density at radius 1 is 1.00 bits per heavy atom. The van der Waals surface area contributed by atoms with Crippen molar-refractivity contribution < 1.29 is 9.47 Å². The van der Waals surface area contributed by atoms with Crippen molar-refractivity contribution in [2.75, 3.05) is 14.2 Å². The molecule has 1 unspecified atom stereocenters. The van der Waals surface area contributed by atoms with Crippen LogP contribution in [0.5, 0.6) is 11.5 Å². The van der Waals surface area contributed by atoms with Crippen LogP contribution < -0.4 is 15.2 Å². The van der Waals surface area contributed by atoms with Crippen molar-refractivity contribution in [2.24, 2.45) is 11.1 Å². The number of methoxy groups -OCH3 is 2. The van der Waals surface area contributed by atoms with Crippen molar-refractivity contribution in [3.63, 3.8) is 0 Å². The van der Waals surface area contributed by atoms with Gasteiger partial charge in [0.15, 0.2) is 0 Å². The van der Waals surface area contributed by atoms with Crippen LogP contribution in [0, 0.1) is 5.41 Å². The first-order valence-corrected chi connectivity index (χ1v) is 7.07. The van der Waals surface area contributed by atoms with Crippen LogP contribution in [-0.2, 0) is 0 Å². The Hall–Kier alpha value is -1.22. The van der Waals surface area contributed by atoms with Gasteiger partial charge in [0.2, 0.25) is 0 Å². The van der Waals surface area contributed by atoms with Crippen molar-refractivity contribution in [1.29, 1.82) is 0 Å². The Bertz CT molecular complexity index is 403. The molecule has 1 saturated carbocycles. The van der Waals surface area contributed by atoms with E-state index in [0.717, 1.165) is 17.1 Å². The molecule has 0 aliphatic heterocycles. The second kappa shape index (κ2) is 5.83. The van der Waals surface area contributed by atoms with E-state index < -0.39 is 0 Å². The number of benzene rings is 1. The molecule has 3 heteroatoms. The maximum Gasteiger partial charge on any atom is 0.122 e. The van der Waals surface area contributed by atoms with Gasteiger partial charge in [0.1, 0.15) is 11.5 Å². The lowest BCUT2D eigenvalue weighted by molar-refractivity contribution is 0.170. The van der Waals surface area contributed by atoms with E-state index in [1.165, 1.54) is 32.1 Å². The van der Waals surface area contributed by atoms with Crippen molar-refractivity contribution in [3.05, 3.63) is 23.8 Å². The third-order valence-corrected chi connectivity index (χ3v) is 4.48. The first-order valence-electron chi connectivity index (χ1n) is 7.07. The lowest BCUT2D eigenvalue weighted by Crippen LogP contribution is -2.33. The quantitative estimate of drug-likeness (QED) is 0.901. The van der Waals surface area contributed by atoms with Crippen molar-refractivity contribution >= 4 is 0 Å². The molecule has 1 aliphatic carbocycles. The highest BCUT2D eigenvalue weighted by Crippen LogP contribution is 2.45. The summed E-state index contributed by atoms with van der Waals surface area (Å²) in [5.74, 6) is 1.62. The van der Waals surface area contributed by atoms with Crippen molar-refractivity contribution in [2.45, 2.75) is 45.1 Å². The standard InChI is InChI=1S/C16H25NO2/c1-16(7-5-4-6-8-16)15(17)12-9-13(18-2)11-14(10-12)19-3/h9-11,15H,4-8,17H2,1-3H3. The fourth-order valence-electron chi connectivity index (χ4n) is 3.08. The molecule has 0 spiro atoms. The molecule has 2 rings (SSSR count). The SMILES string of the molecule is COc1cc(OC)cc(C(N)C2(C)CCCCC2)c1. The predicted molar refractivity (Wildman–Crippen MR) is 77.7 cm³/mol. The highest BCUT2D eigenvalue weighted by molar-refractivity contribution is 5.40. The molecule has 1 atom stereocenters. The Labute approximate surface area is 116 Å². The van der Waals surface area contributed by atoms with Gasteiger partial charge >= 0.3 is 0 Å². The molecule has 0 heterocycles. The summed E-state index contributed by atoms with van der Waals surface area (Å²) >= 11 is 0. The summed E-state index contributed by atoms with van der Waals surface area (Å²) in [4.78, 5) is 0. The van der Waals surface area contributed by atoms with Crippen molar-refractivity contribution in [3.8, 4) is 11.5 Å². The zero-order valence-corrected chi connectivity index (χ0v) is 12.2. The molecular formula is C16H25NO2. The molecule has 0 amide bonds. The lowest BCUT2D eigenvalue weighted by Gasteiger charge is -2.39. The maximum atomic E-state index is 6.54. The first kappa shape index (κ1) is 14.2. The number of ether oxygens (including phenoxy) is 2. The summed E-state index contributed by atoms with van der Waals surface area (Å²) < 4.78 is 10.7. The highest BCUT2D eigenvalue weighted by atomic mass is 16.5. The van der Waals surface area contributed by atoms with E-state index in [4.69, 9.17) is 15.2 Å². The molecule has 1 aliphatic rings. The largest absolute Gasteiger partial charge is 0.497 e. The van der Waals surface area contributed by atoms with Gasteiger partial charge in [0.05, 0.1) is 14.2 Å². The zero-order chi connectivity index (χ0) is 13.9. The van der Waals surface area contributed by atoms with Crippen LogP contribution in [0.25, 0.3) is 0 Å². The van der Waals surface area contributed by atoms with Crippen LogP contribution in [-0.4, -0.2) is 14.2 Å². The molecule has 3 nitrogen and oxygen atoms in total. The van der Waals surface area contributed by atoms with Gasteiger partial charge in [-0.3, -0.25) is 0 Å². The average Bonchev–Trinajstić information content (AvgIpc) is 2.46. The van der Waals surface area contributed by atoms with E-state index in [1.807, 2.05) is 18.2 Å². The van der Waals surface area contributed by atoms with Crippen LogP contribution in [0.15, 0.2) is 18.2 Å². The van der Waals surface area contributed by atoms with E-state index in [1.54, 1.807) is 14.2 Å². The van der Waals surface area contributed by atoms with E-state index in [9.17, 15) is 0 Å². The van der Waals surface area contributed by atoms with Gasteiger partial charge in [0, 0.05) is 12.1 Å². The number of nitrogens with two attached hydrogens (primary N) is 1. The van der Waals surface area contributed by atoms with Crippen LogP contribution in [0.4, 0.5) is 0 Å². The Kier molecular flexibility index (Phi) is 4.35. The molecule has 0 saturated heterocycles. The minimum atomic E-state index is 0.0387.